The number of hydrogen-bond donors (Lipinski definition) is 0. The molecule has 0 saturated carbocycles. The van der Waals surface area contributed by atoms with Crippen molar-refractivity contribution in [3.05, 3.63) is 42.6 Å². The van der Waals surface area contributed by atoms with Gasteiger partial charge in [-0.05, 0) is 17.0 Å². The molecular weight excluding hydrogens is 198 g/mol. The number of carbonyl (C=O) groups excluding carboxylic acids is 1. The van der Waals surface area contributed by atoms with Gasteiger partial charge in [-0.15, -0.1) is 0 Å². The van der Waals surface area contributed by atoms with Crippen molar-refractivity contribution < 1.29 is 4.79 Å². The number of benzene rings is 1. The number of rotatable bonds is 2. The van der Waals surface area contributed by atoms with Crippen molar-refractivity contribution in [1.29, 1.82) is 0 Å². The predicted octanol–water partition coefficient (Wildman–Crippen LogP) is 3.48. The molecule has 1 rings (SSSR count). The fourth-order valence-corrected chi connectivity index (χ4v) is 1.71. The van der Waals surface area contributed by atoms with Gasteiger partial charge in [-0.1, -0.05) is 45.5 Å². The molecular formula is C14H19NO. The quantitative estimate of drug-likeness (QED) is 0.742. The highest BCUT2D eigenvalue weighted by Crippen LogP contribution is 2.31. The molecule has 0 atom stereocenters. The maximum Gasteiger partial charge on any atom is 0.227 e. The maximum atomic E-state index is 11.5. The number of anilines is 1. The van der Waals surface area contributed by atoms with Crippen LogP contribution in [-0.4, -0.2) is 5.91 Å². The van der Waals surface area contributed by atoms with Gasteiger partial charge in [0.15, 0.2) is 0 Å². The van der Waals surface area contributed by atoms with E-state index in [1.807, 2.05) is 18.2 Å². The Balaban J connectivity index is 3.33. The molecule has 0 aliphatic heterocycles. The Kier molecular flexibility index (Phi) is 3.53. The van der Waals surface area contributed by atoms with Gasteiger partial charge in [-0.25, -0.2) is 0 Å². The van der Waals surface area contributed by atoms with Crippen molar-refractivity contribution in [1.82, 2.24) is 0 Å². The van der Waals surface area contributed by atoms with E-state index < -0.39 is 0 Å². The monoisotopic (exact) mass is 217 g/mol. The van der Waals surface area contributed by atoms with E-state index in [4.69, 9.17) is 0 Å². The Morgan fingerprint density at radius 3 is 2.31 bits per heavy atom. The molecule has 1 aromatic rings. The van der Waals surface area contributed by atoms with Crippen molar-refractivity contribution in [3.8, 4) is 0 Å². The lowest BCUT2D eigenvalue weighted by Gasteiger charge is -2.27. The van der Waals surface area contributed by atoms with Crippen molar-refractivity contribution in [2.24, 2.45) is 0 Å². The van der Waals surface area contributed by atoms with Crippen LogP contribution in [0.25, 0.3) is 0 Å². The zero-order chi connectivity index (χ0) is 12.3. The van der Waals surface area contributed by atoms with Crippen molar-refractivity contribution in [3.63, 3.8) is 0 Å². The third kappa shape index (κ3) is 2.51. The van der Waals surface area contributed by atoms with Crippen LogP contribution in [0.15, 0.2) is 37.0 Å². The molecule has 0 bridgehead atoms. The standard InChI is InChI=1S/C14H19NO/c1-6-15(11(2)16)13-10-8-7-9-12(13)14(3,4)5/h6-10H,1H2,2-5H3. The van der Waals surface area contributed by atoms with Gasteiger partial charge in [0, 0.05) is 13.1 Å². The summed E-state index contributed by atoms with van der Waals surface area (Å²) in [5.74, 6) is -0.0216. The van der Waals surface area contributed by atoms with Crippen LogP contribution in [0.5, 0.6) is 0 Å². The Morgan fingerprint density at radius 2 is 1.88 bits per heavy atom. The van der Waals surface area contributed by atoms with Crippen LogP contribution in [0.1, 0.15) is 33.3 Å². The minimum Gasteiger partial charge on any atom is -0.288 e. The molecule has 86 valence electrons. The van der Waals surface area contributed by atoms with Gasteiger partial charge >= 0.3 is 0 Å². The van der Waals surface area contributed by atoms with Crippen LogP contribution in [0.4, 0.5) is 5.69 Å². The van der Waals surface area contributed by atoms with E-state index in [0.29, 0.717) is 0 Å². The summed E-state index contributed by atoms with van der Waals surface area (Å²) < 4.78 is 0. The van der Waals surface area contributed by atoms with Crippen LogP contribution in [0.3, 0.4) is 0 Å². The molecule has 2 heteroatoms. The van der Waals surface area contributed by atoms with Crippen LogP contribution < -0.4 is 4.90 Å². The number of para-hydroxylation sites is 1. The Morgan fingerprint density at radius 1 is 1.31 bits per heavy atom. The zero-order valence-corrected chi connectivity index (χ0v) is 10.4. The van der Waals surface area contributed by atoms with E-state index in [2.05, 4.69) is 33.4 Å². The Labute approximate surface area is 97.6 Å². The molecule has 0 aromatic heterocycles. The largest absolute Gasteiger partial charge is 0.288 e. The number of amides is 1. The summed E-state index contributed by atoms with van der Waals surface area (Å²) in [4.78, 5) is 13.1. The molecule has 1 aromatic carbocycles. The first-order valence-electron chi connectivity index (χ1n) is 5.40. The molecule has 0 unspecified atom stereocenters. The van der Waals surface area contributed by atoms with Gasteiger partial charge in [0.25, 0.3) is 0 Å². The summed E-state index contributed by atoms with van der Waals surface area (Å²) >= 11 is 0. The Hall–Kier alpha value is -1.57. The van der Waals surface area contributed by atoms with E-state index in [9.17, 15) is 4.79 Å². The maximum absolute atomic E-state index is 11.5. The number of hydrogen-bond acceptors (Lipinski definition) is 1. The molecule has 0 aliphatic rings. The lowest BCUT2D eigenvalue weighted by molar-refractivity contribution is -0.116. The Bertz CT molecular complexity index is 401. The summed E-state index contributed by atoms with van der Waals surface area (Å²) in [7, 11) is 0. The summed E-state index contributed by atoms with van der Waals surface area (Å²) in [5.41, 5.74) is 2.07. The van der Waals surface area contributed by atoms with Gasteiger partial charge < -0.3 is 0 Å². The fourth-order valence-electron chi connectivity index (χ4n) is 1.71. The average molecular weight is 217 g/mol. The molecule has 2 nitrogen and oxygen atoms in total. The summed E-state index contributed by atoms with van der Waals surface area (Å²) in [6.45, 7) is 11.6. The van der Waals surface area contributed by atoms with E-state index in [1.165, 1.54) is 0 Å². The van der Waals surface area contributed by atoms with E-state index in [0.717, 1.165) is 11.3 Å². The van der Waals surface area contributed by atoms with Crippen LogP contribution in [0, 0.1) is 0 Å². The third-order valence-corrected chi connectivity index (χ3v) is 2.49. The molecule has 0 aliphatic carbocycles. The second-order valence-corrected chi connectivity index (χ2v) is 4.84. The highest BCUT2D eigenvalue weighted by atomic mass is 16.2. The lowest BCUT2D eigenvalue weighted by Crippen LogP contribution is -2.25. The summed E-state index contributed by atoms with van der Waals surface area (Å²) in [6.07, 6.45) is 1.56. The predicted molar refractivity (Wildman–Crippen MR) is 68.5 cm³/mol. The second kappa shape index (κ2) is 4.52. The highest BCUT2D eigenvalue weighted by molar-refractivity contribution is 5.94. The molecule has 0 radical (unpaired) electrons. The van der Waals surface area contributed by atoms with Crippen LogP contribution in [-0.2, 0) is 10.2 Å². The fraction of sp³-hybridized carbons (Fsp3) is 0.357. The SMILES string of the molecule is C=CN(C(C)=O)c1ccccc1C(C)(C)C. The first kappa shape index (κ1) is 12.5. The molecule has 0 saturated heterocycles. The van der Waals surface area contributed by atoms with Gasteiger partial charge in [-0.3, -0.25) is 9.69 Å². The number of nitrogens with zero attached hydrogens (tertiary/aromatic N) is 1. The highest BCUT2D eigenvalue weighted by Gasteiger charge is 2.21. The van der Waals surface area contributed by atoms with Crippen LogP contribution >= 0.6 is 0 Å². The zero-order valence-electron chi connectivity index (χ0n) is 10.4. The smallest absolute Gasteiger partial charge is 0.227 e. The molecule has 0 fully saturated rings. The second-order valence-electron chi connectivity index (χ2n) is 4.84. The van der Waals surface area contributed by atoms with Gasteiger partial charge in [-0.2, -0.15) is 0 Å². The van der Waals surface area contributed by atoms with Gasteiger partial charge in [0.1, 0.15) is 0 Å². The molecule has 0 heterocycles. The third-order valence-electron chi connectivity index (χ3n) is 2.49. The first-order chi connectivity index (χ1) is 7.38. The molecule has 0 spiro atoms. The number of carbonyl (C=O) groups is 1. The first-order valence-corrected chi connectivity index (χ1v) is 5.40. The normalized spacial score (nSPS) is 11.0. The van der Waals surface area contributed by atoms with Gasteiger partial charge in [0.05, 0.1) is 5.69 Å². The molecule has 16 heavy (non-hydrogen) atoms. The van der Waals surface area contributed by atoms with Crippen molar-refractivity contribution >= 4 is 11.6 Å². The van der Waals surface area contributed by atoms with Crippen molar-refractivity contribution in [2.75, 3.05) is 4.90 Å². The van der Waals surface area contributed by atoms with E-state index in [1.54, 1.807) is 18.0 Å². The summed E-state index contributed by atoms with van der Waals surface area (Å²) in [6, 6.07) is 7.92. The van der Waals surface area contributed by atoms with E-state index in [-0.39, 0.29) is 11.3 Å². The van der Waals surface area contributed by atoms with Crippen LogP contribution in [0.2, 0.25) is 0 Å². The lowest BCUT2D eigenvalue weighted by atomic mass is 9.85. The van der Waals surface area contributed by atoms with Crippen molar-refractivity contribution in [2.45, 2.75) is 33.1 Å². The topological polar surface area (TPSA) is 20.3 Å². The van der Waals surface area contributed by atoms with Gasteiger partial charge in [0.2, 0.25) is 5.91 Å². The minimum atomic E-state index is -0.0216. The average Bonchev–Trinajstić information content (AvgIpc) is 2.17. The minimum absolute atomic E-state index is 0.00725. The van der Waals surface area contributed by atoms with E-state index >= 15 is 0 Å². The molecule has 1 amide bonds. The summed E-state index contributed by atoms with van der Waals surface area (Å²) in [5, 5.41) is 0. The molecule has 0 N–H and O–H groups in total.